The molecule has 0 unspecified atom stereocenters. The van der Waals surface area contributed by atoms with Crippen molar-refractivity contribution < 1.29 is 9.32 Å². The van der Waals surface area contributed by atoms with Gasteiger partial charge < -0.3 is 9.84 Å². The van der Waals surface area contributed by atoms with Gasteiger partial charge in [0.15, 0.2) is 5.82 Å². The first kappa shape index (κ1) is 19.4. The first-order valence-electron chi connectivity index (χ1n) is 9.40. The lowest BCUT2D eigenvalue weighted by Gasteiger charge is -2.14. The van der Waals surface area contributed by atoms with Crippen molar-refractivity contribution in [1.29, 1.82) is 0 Å². The third kappa shape index (κ3) is 3.43. The maximum atomic E-state index is 13.3. The zero-order valence-electron chi connectivity index (χ0n) is 16.8. The molecule has 2 aromatic heterocycles. The Kier molecular flexibility index (Phi) is 4.83. The maximum absolute atomic E-state index is 13.3. The van der Waals surface area contributed by atoms with E-state index in [0.29, 0.717) is 22.4 Å². The second kappa shape index (κ2) is 7.47. The summed E-state index contributed by atoms with van der Waals surface area (Å²) < 4.78 is 7.33. The summed E-state index contributed by atoms with van der Waals surface area (Å²) in [5.41, 5.74) is 1.84. The van der Waals surface area contributed by atoms with Crippen LogP contribution in [0.1, 0.15) is 16.9 Å². The summed E-state index contributed by atoms with van der Waals surface area (Å²) >= 11 is 0. The van der Waals surface area contributed by atoms with Crippen LogP contribution in [-0.2, 0) is 11.3 Å². The number of hydrogen-bond acceptors (Lipinski definition) is 5. The van der Waals surface area contributed by atoms with Gasteiger partial charge in [0.05, 0.1) is 16.6 Å². The van der Waals surface area contributed by atoms with E-state index in [9.17, 15) is 14.4 Å². The Labute approximate surface area is 171 Å². The predicted octanol–water partition coefficient (Wildman–Crippen LogP) is 2.70. The molecule has 4 aromatic rings. The van der Waals surface area contributed by atoms with E-state index in [1.165, 1.54) is 4.57 Å². The van der Waals surface area contributed by atoms with Gasteiger partial charge in [0.1, 0.15) is 12.3 Å². The van der Waals surface area contributed by atoms with Crippen LogP contribution in [0, 0.1) is 20.8 Å². The molecule has 0 radical (unpaired) electrons. The van der Waals surface area contributed by atoms with Crippen molar-refractivity contribution in [2.45, 2.75) is 27.3 Å². The number of anilines is 1. The number of hydrogen-bond donors (Lipinski definition) is 1. The number of benzene rings is 2. The molecule has 8 heteroatoms. The number of para-hydroxylation sites is 1. The number of aromatic nitrogens is 3. The lowest BCUT2D eigenvalue weighted by molar-refractivity contribution is -0.116. The molecule has 152 valence electrons. The van der Waals surface area contributed by atoms with Crippen LogP contribution in [0.15, 0.2) is 62.6 Å². The molecule has 0 aliphatic rings. The molecule has 0 atom stereocenters. The molecule has 0 spiro atoms. The quantitative estimate of drug-likeness (QED) is 0.564. The van der Waals surface area contributed by atoms with Crippen LogP contribution < -0.4 is 16.6 Å². The number of amides is 1. The first-order chi connectivity index (χ1) is 14.3. The minimum atomic E-state index is -0.589. The Morgan fingerprint density at radius 3 is 2.50 bits per heavy atom. The van der Waals surface area contributed by atoms with Crippen LogP contribution >= 0.6 is 0 Å². The van der Waals surface area contributed by atoms with Gasteiger partial charge in [0.25, 0.3) is 5.56 Å². The lowest BCUT2D eigenvalue weighted by atomic mass is 10.1. The first-order valence-corrected chi connectivity index (χ1v) is 9.40. The normalized spacial score (nSPS) is 11.0. The van der Waals surface area contributed by atoms with Gasteiger partial charge >= 0.3 is 5.69 Å². The van der Waals surface area contributed by atoms with Gasteiger partial charge in [-0.3, -0.25) is 14.2 Å². The molecule has 0 bridgehead atoms. The fraction of sp³-hybridized carbons (Fsp3) is 0.182. The number of carbonyl (C=O) groups excluding carboxylic acids is 1. The Morgan fingerprint density at radius 2 is 1.80 bits per heavy atom. The zero-order valence-corrected chi connectivity index (χ0v) is 16.8. The molecule has 1 amide bonds. The highest BCUT2D eigenvalue weighted by atomic mass is 16.5. The average Bonchev–Trinajstić information content (AvgIpc) is 3.12. The van der Waals surface area contributed by atoms with Gasteiger partial charge in [0.2, 0.25) is 5.91 Å². The van der Waals surface area contributed by atoms with Gasteiger partial charge in [-0.05, 0) is 56.2 Å². The van der Waals surface area contributed by atoms with E-state index in [-0.39, 0.29) is 12.4 Å². The molecule has 30 heavy (non-hydrogen) atoms. The minimum absolute atomic E-state index is 0.261. The Morgan fingerprint density at radius 1 is 1.03 bits per heavy atom. The summed E-state index contributed by atoms with van der Waals surface area (Å²) in [5.74, 6) is 0.356. The van der Waals surface area contributed by atoms with Crippen LogP contribution in [0.25, 0.3) is 16.6 Å². The van der Waals surface area contributed by atoms with Gasteiger partial charge in [0, 0.05) is 6.07 Å². The van der Waals surface area contributed by atoms with E-state index in [1.807, 2.05) is 19.9 Å². The lowest BCUT2D eigenvalue weighted by Crippen LogP contribution is -2.40. The molecule has 0 fully saturated rings. The summed E-state index contributed by atoms with van der Waals surface area (Å²) in [6, 6.07) is 13.7. The van der Waals surface area contributed by atoms with Crippen LogP contribution in [-0.4, -0.2) is 20.2 Å². The van der Waals surface area contributed by atoms with Crippen LogP contribution in [0.3, 0.4) is 0 Å². The molecule has 0 saturated carbocycles. The summed E-state index contributed by atoms with van der Waals surface area (Å²) in [4.78, 5) is 39.0. The highest BCUT2D eigenvalue weighted by Crippen LogP contribution is 2.14. The number of nitrogens with zero attached hydrogens (tertiary/aromatic N) is 3. The molecule has 0 aliphatic carbocycles. The number of carbonyl (C=O) groups is 1. The third-order valence-electron chi connectivity index (χ3n) is 5.00. The number of rotatable bonds is 4. The van der Waals surface area contributed by atoms with Crippen LogP contribution in [0.4, 0.5) is 5.82 Å². The van der Waals surface area contributed by atoms with Crippen molar-refractivity contribution in [3.8, 4) is 5.69 Å². The zero-order chi connectivity index (χ0) is 21.4. The molecule has 4 rings (SSSR count). The van der Waals surface area contributed by atoms with Crippen LogP contribution in [0.2, 0.25) is 0 Å². The van der Waals surface area contributed by atoms with Gasteiger partial charge in [-0.2, -0.15) is 0 Å². The number of fused-ring (bicyclic) bond motifs is 1. The summed E-state index contributed by atoms with van der Waals surface area (Å²) in [6.07, 6.45) is 0. The molecule has 1 N–H and O–H groups in total. The van der Waals surface area contributed by atoms with Crippen molar-refractivity contribution in [3.05, 3.63) is 86.3 Å². The van der Waals surface area contributed by atoms with E-state index in [0.717, 1.165) is 15.7 Å². The Balaban J connectivity index is 1.86. The maximum Gasteiger partial charge on any atom is 0.336 e. The van der Waals surface area contributed by atoms with Crippen molar-refractivity contribution in [2.24, 2.45) is 0 Å². The monoisotopic (exact) mass is 404 g/mol. The second-order valence-corrected chi connectivity index (χ2v) is 7.17. The Bertz CT molecular complexity index is 1390. The van der Waals surface area contributed by atoms with Crippen molar-refractivity contribution >= 4 is 22.6 Å². The van der Waals surface area contributed by atoms with E-state index >= 15 is 0 Å². The minimum Gasteiger partial charge on any atom is -0.360 e. The fourth-order valence-electron chi connectivity index (χ4n) is 3.32. The molecule has 2 heterocycles. The summed E-state index contributed by atoms with van der Waals surface area (Å²) in [7, 11) is 0. The van der Waals surface area contributed by atoms with Crippen molar-refractivity contribution in [2.75, 3.05) is 5.32 Å². The molecular weight excluding hydrogens is 384 g/mol. The summed E-state index contributed by atoms with van der Waals surface area (Å²) in [5, 5.41) is 6.68. The highest BCUT2D eigenvalue weighted by molar-refractivity contribution is 5.90. The number of aryl methyl sites for hydroxylation is 3. The third-order valence-corrected chi connectivity index (χ3v) is 5.00. The van der Waals surface area contributed by atoms with Gasteiger partial charge in [-0.15, -0.1) is 0 Å². The largest absolute Gasteiger partial charge is 0.360 e. The average molecular weight is 404 g/mol. The van der Waals surface area contributed by atoms with E-state index in [1.54, 1.807) is 49.4 Å². The SMILES string of the molecule is Cc1cc(NC(=O)Cn2c(=O)n(-c3ccc(C)c(C)c3)c(=O)c3ccccc32)no1. The van der Waals surface area contributed by atoms with Crippen molar-refractivity contribution in [3.63, 3.8) is 0 Å². The van der Waals surface area contributed by atoms with E-state index in [2.05, 4.69) is 10.5 Å². The molecule has 8 nitrogen and oxygen atoms in total. The molecular formula is C22H20N4O4. The van der Waals surface area contributed by atoms with Crippen molar-refractivity contribution in [1.82, 2.24) is 14.3 Å². The smallest absolute Gasteiger partial charge is 0.336 e. The van der Waals surface area contributed by atoms with Gasteiger partial charge in [-0.1, -0.05) is 23.4 Å². The molecule has 0 saturated heterocycles. The summed E-state index contributed by atoms with van der Waals surface area (Å²) in [6.45, 7) is 5.30. The molecule has 0 aliphatic heterocycles. The second-order valence-electron chi connectivity index (χ2n) is 7.17. The van der Waals surface area contributed by atoms with Gasteiger partial charge in [-0.25, -0.2) is 9.36 Å². The topological polar surface area (TPSA) is 99.1 Å². The van der Waals surface area contributed by atoms with E-state index < -0.39 is 17.2 Å². The number of nitrogens with one attached hydrogen (secondary N) is 1. The van der Waals surface area contributed by atoms with Crippen LogP contribution in [0.5, 0.6) is 0 Å². The standard InChI is InChI=1S/C22H20N4O4/c1-13-8-9-16(10-14(13)2)26-21(28)17-6-4-5-7-18(17)25(22(26)29)12-20(27)23-19-11-15(3)30-24-19/h4-11H,12H2,1-3H3,(H,23,24,27). The predicted molar refractivity (Wildman–Crippen MR) is 113 cm³/mol. The molecule has 2 aromatic carbocycles. The fourth-order valence-corrected chi connectivity index (χ4v) is 3.32. The Hall–Kier alpha value is -3.94. The highest BCUT2D eigenvalue weighted by Gasteiger charge is 2.17. The van der Waals surface area contributed by atoms with E-state index in [4.69, 9.17) is 4.52 Å².